The van der Waals surface area contributed by atoms with Gasteiger partial charge in [-0.05, 0) is 24.1 Å². The summed E-state index contributed by atoms with van der Waals surface area (Å²) in [6, 6.07) is 6.59. The molecule has 0 aliphatic carbocycles. The van der Waals surface area contributed by atoms with Gasteiger partial charge in [0.15, 0.2) is 0 Å². The minimum Gasteiger partial charge on any atom is -0.480 e. The number of amides is 1. The van der Waals surface area contributed by atoms with E-state index in [0.717, 1.165) is 12.8 Å². The number of carboxylic acid groups (broad SMARTS) is 1. The van der Waals surface area contributed by atoms with Crippen molar-refractivity contribution in [3.63, 3.8) is 0 Å². The van der Waals surface area contributed by atoms with Crippen LogP contribution in [0.3, 0.4) is 0 Å². The zero-order valence-corrected chi connectivity index (χ0v) is 12.4. The number of aryl methyl sites for hydroxylation is 1. The Morgan fingerprint density at radius 2 is 2.00 bits per heavy atom. The third kappa shape index (κ3) is 3.42. The van der Waals surface area contributed by atoms with Gasteiger partial charge in [-0.25, -0.2) is 4.79 Å². The third-order valence-electron chi connectivity index (χ3n) is 3.88. The normalized spacial score (nSPS) is 21.5. The molecule has 0 spiro atoms. The molecule has 5 heteroatoms. The number of rotatable bonds is 5. The Hall–Kier alpha value is -1.88. The summed E-state index contributed by atoms with van der Waals surface area (Å²) < 4.78 is 5.20. The smallest absolute Gasteiger partial charge is 0.326 e. The van der Waals surface area contributed by atoms with Gasteiger partial charge in [-0.3, -0.25) is 4.79 Å². The van der Waals surface area contributed by atoms with Crippen molar-refractivity contribution in [2.24, 2.45) is 0 Å². The number of nitrogens with zero attached hydrogens (tertiary/aromatic N) is 1. The van der Waals surface area contributed by atoms with Crippen LogP contribution in [-0.4, -0.2) is 47.7 Å². The molecule has 1 saturated heterocycles. The molecular formula is C16H21NO4. The second-order valence-electron chi connectivity index (χ2n) is 5.35. The van der Waals surface area contributed by atoms with Crippen molar-refractivity contribution in [2.75, 3.05) is 13.7 Å². The van der Waals surface area contributed by atoms with Gasteiger partial charge in [-0.15, -0.1) is 0 Å². The number of methoxy groups -OCH3 is 1. The van der Waals surface area contributed by atoms with E-state index in [9.17, 15) is 14.7 Å². The molecule has 1 aromatic carbocycles. The lowest BCUT2D eigenvalue weighted by Crippen LogP contribution is -2.40. The fourth-order valence-electron chi connectivity index (χ4n) is 2.70. The van der Waals surface area contributed by atoms with Gasteiger partial charge in [0, 0.05) is 25.6 Å². The number of aliphatic carboxylic acids is 1. The van der Waals surface area contributed by atoms with Gasteiger partial charge in [0.2, 0.25) is 0 Å². The van der Waals surface area contributed by atoms with Crippen LogP contribution in [0.4, 0.5) is 0 Å². The van der Waals surface area contributed by atoms with E-state index in [2.05, 4.69) is 6.92 Å². The molecule has 1 aliphatic rings. The Morgan fingerprint density at radius 3 is 2.52 bits per heavy atom. The van der Waals surface area contributed by atoms with Crippen LogP contribution < -0.4 is 0 Å². The maximum Gasteiger partial charge on any atom is 0.326 e. The minimum atomic E-state index is -0.981. The zero-order valence-electron chi connectivity index (χ0n) is 12.4. The van der Waals surface area contributed by atoms with E-state index in [4.69, 9.17) is 4.74 Å². The molecule has 1 aromatic rings. The van der Waals surface area contributed by atoms with Crippen molar-refractivity contribution < 1.29 is 19.4 Å². The number of hydrogen-bond acceptors (Lipinski definition) is 3. The van der Waals surface area contributed by atoms with Crippen molar-refractivity contribution in [2.45, 2.75) is 38.3 Å². The lowest BCUT2D eigenvalue weighted by atomic mass is 10.1. The van der Waals surface area contributed by atoms with Crippen molar-refractivity contribution in [3.8, 4) is 0 Å². The summed E-state index contributed by atoms with van der Waals surface area (Å²) in [5.74, 6) is -1.23. The highest BCUT2D eigenvalue weighted by Crippen LogP contribution is 2.23. The van der Waals surface area contributed by atoms with Crippen LogP contribution in [-0.2, 0) is 16.0 Å². The Labute approximate surface area is 124 Å². The summed E-state index contributed by atoms with van der Waals surface area (Å²) in [5.41, 5.74) is 1.71. The van der Waals surface area contributed by atoms with Crippen LogP contribution in [0, 0.1) is 0 Å². The maximum atomic E-state index is 12.5. The van der Waals surface area contributed by atoms with E-state index in [0.29, 0.717) is 18.5 Å². The van der Waals surface area contributed by atoms with Crippen LogP contribution in [0.1, 0.15) is 35.7 Å². The predicted octanol–water partition coefficient (Wildman–Crippen LogP) is 1.95. The largest absolute Gasteiger partial charge is 0.480 e. The highest BCUT2D eigenvalue weighted by molar-refractivity contribution is 5.97. The number of likely N-dealkylation sites (tertiary alicyclic amines) is 1. The molecule has 21 heavy (non-hydrogen) atoms. The van der Waals surface area contributed by atoms with Crippen molar-refractivity contribution in [3.05, 3.63) is 35.4 Å². The fourth-order valence-corrected chi connectivity index (χ4v) is 2.70. The standard InChI is InChI=1S/C16H21NO4/c1-3-4-11-5-7-12(8-6-11)15(18)17-10-13(21-2)9-14(17)16(19)20/h5-8,13-14H,3-4,9-10H2,1-2H3,(H,19,20). The lowest BCUT2D eigenvalue weighted by Gasteiger charge is -2.21. The van der Waals surface area contributed by atoms with E-state index in [-0.39, 0.29) is 12.0 Å². The number of ether oxygens (including phenoxy) is 1. The Kier molecular flexibility index (Phi) is 4.96. The van der Waals surface area contributed by atoms with Gasteiger partial charge < -0.3 is 14.7 Å². The molecule has 0 radical (unpaired) electrons. The monoisotopic (exact) mass is 291 g/mol. The molecule has 114 valence electrons. The number of benzene rings is 1. The zero-order chi connectivity index (χ0) is 15.4. The van der Waals surface area contributed by atoms with Gasteiger partial charge in [0.05, 0.1) is 6.10 Å². The van der Waals surface area contributed by atoms with Gasteiger partial charge in [0.1, 0.15) is 6.04 Å². The third-order valence-corrected chi connectivity index (χ3v) is 3.88. The number of carboxylic acids is 1. The quantitative estimate of drug-likeness (QED) is 0.900. The first-order valence-electron chi connectivity index (χ1n) is 7.22. The fraction of sp³-hybridized carbons (Fsp3) is 0.500. The number of carbonyl (C=O) groups excluding carboxylic acids is 1. The number of hydrogen-bond donors (Lipinski definition) is 1. The molecule has 2 rings (SSSR count). The minimum absolute atomic E-state index is 0.214. The lowest BCUT2D eigenvalue weighted by molar-refractivity contribution is -0.141. The second kappa shape index (κ2) is 6.72. The van der Waals surface area contributed by atoms with E-state index in [1.54, 1.807) is 12.1 Å². The molecular weight excluding hydrogens is 270 g/mol. The SMILES string of the molecule is CCCc1ccc(C(=O)N2CC(OC)CC2C(=O)O)cc1. The summed E-state index contributed by atoms with van der Waals surface area (Å²) >= 11 is 0. The average Bonchev–Trinajstić information content (AvgIpc) is 2.92. The van der Waals surface area contributed by atoms with Gasteiger partial charge in [0.25, 0.3) is 5.91 Å². The highest BCUT2D eigenvalue weighted by atomic mass is 16.5. The van der Waals surface area contributed by atoms with Gasteiger partial charge in [-0.1, -0.05) is 25.5 Å². The van der Waals surface area contributed by atoms with Crippen molar-refractivity contribution >= 4 is 11.9 Å². The van der Waals surface area contributed by atoms with Crippen LogP contribution in [0.25, 0.3) is 0 Å². The first kappa shape index (κ1) is 15.5. The maximum absolute atomic E-state index is 12.5. The molecule has 0 bridgehead atoms. The predicted molar refractivity (Wildman–Crippen MR) is 78.3 cm³/mol. The van der Waals surface area contributed by atoms with Crippen LogP contribution in [0.5, 0.6) is 0 Å². The van der Waals surface area contributed by atoms with E-state index in [1.807, 2.05) is 12.1 Å². The van der Waals surface area contributed by atoms with Gasteiger partial charge >= 0.3 is 5.97 Å². The summed E-state index contributed by atoms with van der Waals surface area (Å²) in [6.07, 6.45) is 2.15. The molecule has 1 N–H and O–H groups in total. The molecule has 1 fully saturated rings. The van der Waals surface area contributed by atoms with Crippen LogP contribution in [0.15, 0.2) is 24.3 Å². The Morgan fingerprint density at radius 1 is 1.33 bits per heavy atom. The molecule has 2 atom stereocenters. The van der Waals surface area contributed by atoms with E-state index >= 15 is 0 Å². The molecule has 1 heterocycles. The Balaban J connectivity index is 2.15. The molecule has 2 unspecified atom stereocenters. The van der Waals surface area contributed by atoms with Crippen molar-refractivity contribution in [1.29, 1.82) is 0 Å². The summed E-state index contributed by atoms with van der Waals surface area (Å²) in [4.78, 5) is 25.2. The first-order valence-corrected chi connectivity index (χ1v) is 7.22. The van der Waals surface area contributed by atoms with Crippen molar-refractivity contribution in [1.82, 2.24) is 4.90 Å². The van der Waals surface area contributed by atoms with Crippen LogP contribution in [0.2, 0.25) is 0 Å². The molecule has 1 aliphatic heterocycles. The summed E-state index contributed by atoms with van der Waals surface area (Å²) in [5, 5.41) is 9.26. The number of carbonyl (C=O) groups is 2. The van der Waals surface area contributed by atoms with E-state index in [1.165, 1.54) is 17.6 Å². The first-order chi connectivity index (χ1) is 10.1. The van der Waals surface area contributed by atoms with Crippen LogP contribution >= 0.6 is 0 Å². The van der Waals surface area contributed by atoms with Gasteiger partial charge in [-0.2, -0.15) is 0 Å². The Bertz CT molecular complexity index is 512. The molecule has 0 aromatic heterocycles. The van der Waals surface area contributed by atoms with E-state index < -0.39 is 12.0 Å². The molecule has 1 amide bonds. The average molecular weight is 291 g/mol. The summed E-state index contributed by atoms with van der Waals surface area (Å²) in [7, 11) is 1.54. The molecule has 5 nitrogen and oxygen atoms in total. The second-order valence-corrected chi connectivity index (χ2v) is 5.35. The highest BCUT2D eigenvalue weighted by Gasteiger charge is 2.40. The summed E-state index contributed by atoms with van der Waals surface area (Å²) in [6.45, 7) is 2.43. The topological polar surface area (TPSA) is 66.8 Å². The molecule has 0 saturated carbocycles.